The normalized spacial score (nSPS) is 11.4. The molecule has 0 aliphatic carbocycles. The molecule has 0 spiro atoms. The van der Waals surface area contributed by atoms with E-state index in [2.05, 4.69) is 5.32 Å². The van der Waals surface area contributed by atoms with Gasteiger partial charge in [0.1, 0.15) is 11.5 Å². The third-order valence-electron chi connectivity index (χ3n) is 4.80. The molecule has 3 aromatic rings. The number of carbonyl (C=O) groups is 3. The van der Waals surface area contributed by atoms with Gasteiger partial charge in [-0.15, -0.1) is 0 Å². The zero-order chi connectivity index (χ0) is 22.9. The van der Waals surface area contributed by atoms with Gasteiger partial charge in [0, 0.05) is 12.0 Å². The largest absolute Gasteiger partial charge is 0.481 e. The van der Waals surface area contributed by atoms with Crippen molar-refractivity contribution in [3.05, 3.63) is 95.6 Å². The number of rotatable bonds is 10. The Morgan fingerprint density at radius 2 is 1.50 bits per heavy atom. The summed E-state index contributed by atoms with van der Waals surface area (Å²) in [6.07, 6.45) is 0.633. The summed E-state index contributed by atoms with van der Waals surface area (Å²) in [5, 5.41) is 21.4. The minimum absolute atomic E-state index is 0.0458. The van der Waals surface area contributed by atoms with Gasteiger partial charge in [-0.1, -0.05) is 42.5 Å². The molecule has 3 N–H and O–H groups in total. The molecule has 0 fully saturated rings. The van der Waals surface area contributed by atoms with E-state index >= 15 is 0 Å². The van der Waals surface area contributed by atoms with Gasteiger partial charge in [-0.25, -0.2) is 4.79 Å². The van der Waals surface area contributed by atoms with Crippen molar-refractivity contribution in [3.8, 4) is 11.5 Å². The van der Waals surface area contributed by atoms with E-state index in [1.165, 1.54) is 0 Å². The second kappa shape index (κ2) is 10.8. The summed E-state index contributed by atoms with van der Waals surface area (Å²) in [5.74, 6) is -1.69. The molecule has 0 saturated heterocycles. The Labute approximate surface area is 185 Å². The van der Waals surface area contributed by atoms with Crippen molar-refractivity contribution in [1.29, 1.82) is 0 Å². The van der Waals surface area contributed by atoms with Crippen LogP contribution in [0.3, 0.4) is 0 Å². The van der Waals surface area contributed by atoms with Crippen LogP contribution < -0.4 is 10.1 Å². The van der Waals surface area contributed by atoms with Gasteiger partial charge in [0.15, 0.2) is 6.04 Å². The van der Waals surface area contributed by atoms with E-state index in [1.807, 2.05) is 18.2 Å². The molecule has 3 aromatic carbocycles. The molecule has 0 aromatic heterocycles. The van der Waals surface area contributed by atoms with E-state index in [0.717, 1.165) is 0 Å². The summed E-state index contributed by atoms with van der Waals surface area (Å²) in [4.78, 5) is 35.7. The lowest BCUT2D eigenvalue weighted by Crippen LogP contribution is -2.34. The van der Waals surface area contributed by atoms with Crippen LogP contribution in [-0.2, 0) is 16.0 Å². The molecule has 1 atom stereocenters. The Morgan fingerprint density at radius 3 is 2.12 bits per heavy atom. The van der Waals surface area contributed by atoms with Crippen LogP contribution in [0.1, 0.15) is 40.4 Å². The standard InChI is InChI=1S/C25H23NO6/c27-22(28)13-7-10-17-14-15-20(32-19-11-5-2-6-12-19)16-21(17)23(25(30)31)26-24(29)18-8-3-1-4-9-18/h1-6,8-9,11-12,14-16,23H,7,10,13H2,(H,26,29)(H,27,28)(H,30,31). The number of aliphatic carboxylic acids is 2. The van der Waals surface area contributed by atoms with Crippen molar-refractivity contribution >= 4 is 17.8 Å². The molecule has 7 nitrogen and oxygen atoms in total. The first-order chi connectivity index (χ1) is 15.4. The summed E-state index contributed by atoms with van der Waals surface area (Å²) in [5.41, 5.74) is 1.32. The Kier molecular flexibility index (Phi) is 7.59. The fourth-order valence-electron chi connectivity index (χ4n) is 3.26. The first kappa shape index (κ1) is 22.6. The molecular formula is C25H23NO6. The maximum absolute atomic E-state index is 12.6. The average molecular weight is 433 g/mol. The fourth-order valence-corrected chi connectivity index (χ4v) is 3.26. The van der Waals surface area contributed by atoms with Crippen LogP contribution in [0.4, 0.5) is 0 Å². The Morgan fingerprint density at radius 1 is 0.844 bits per heavy atom. The molecule has 0 bridgehead atoms. The predicted octanol–water partition coefficient (Wildman–Crippen LogP) is 4.44. The molecule has 1 unspecified atom stereocenters. The highest BCUT2D eigenvalue weighted by atomic mass is 16.5. The number of aryl methyl sites for hydroxylation is 1. The van der Waals surface area contributed by atoms with Crippen molar-refractivity contribution < 1.29 is 29.3 Å². The number of hydrogen-bond donors (Lipinski definition) is 3. The van der Waals surface area contributed by atoms with Gasteiger partial charge >= 0.3 is 11.9 Å². The summed E-state index contributed by atoms with van der Waals surface area (Å²) >= 11 is 0. The van der Waals surface area contributed by atoms with E-state index in [-0.39, 0.29) is 6.42 Å². The molecule has 1 amide bonds. The molecular weight excluding hydrogens is 410 g/mol. The lowest BCUT2D eigenvalue weighted by atomic mass is 9.95. The minimum Gasteiger partial charge on any atom is -0.481 e. The highest BCUT2D eigenvalue weighted by Crippen LogP contribution is 2.29. The Hall–Kier alpha value is -4.13. The Balaban J connectivity index is 1.93. The molecule has 0 radical (unpaired) electrons. The third-order valence-corrected chi connectivity index (χ3v) is 4.80. The molecule has 3 rings (SSSR count). The number of nitrogens with one attached hydrogen (secondary N) is 1. The minimum atomic E-state index is -1.33. The van der Waals surface area contributed by atoms with Crippen molar-refractivity contribution in [2.75, 3.05) is 0 Å². The number of para-hydroxylation sites is 1. The molecule has 0 aliphatic rings. The zero-order valence-corrected chi connectivity index (χ0v) is 17.2. The third kappa shape index (κ3) is 6.18. The second-order valence-corrected chi connectivity index (χ2v) is 7.13. The quantitative estimate of drug-likeness (QED) is 0.436. The van der Waals surface area contributed by atoms with Crippen LogP contribution >= 0.6 is 0 Å². The number of carboxylic acids is 2. The van der Waals surface area contributed by atoms with Crippen molar-refractivity contribution in [1.82, 2.24) is 5.32 Å². The Bertz CT molecular complexity index is 1080. The number of benzene rings is 3. The van der Waals surface area contributed by atoms with Crippen LogP contribution in [0, 0.1) is 0 Å². The van der Waals surface area contributed by atoms with Gasteiger partial charge in [-0.2, -0.15) is 0 Å². The van der Waals surface area contributed by atoms with Gasteiger partial charge in [0.25, 0.3) is 5.91 Å². The smallest absolute Gasteiger partial charge is 0.330 e. The summed E-state index contributed by atoms with van der Waals surface area (Å²) in [7, 11) is 0. The van der Waals surface area contributed by atoms with Crippen LogP contribution in [0.25, 0.3) is 0 Å². The van der Waals surface area contributed by atoms with E-state index in [0.29, 0.717) is 41.0 Å². The number of carbonyl (C=O) groups excluding carboxylic acids is 1. The van der Waals surface area contributed by atoms with E-state index in [1.54, 1.807) is 60.7 Å². The molecule has 7 heteroatoms. The molecule has 164 valence electrons. The van der Waals surface area contributed by atoms with Gasteiger partial charge in [-0.3, -0.25) is 9.59 Å². The first-order valence-corrected chi connectivity index (χ1v) is 10.1. The summed E-state index contributed by atoms with van der Waals surface area (Å²) in [6, 6.07) is 21.0. The number of carboxylic acid groups (broad SMARTS) is 2. The van der Waals surface area contributed by atoms with Crippen LogP contribution in [0.2, 0.25) is 0 Å². The monoisotopic (exact) mass is 433 g/mol. The molecule has 0 saturated carbocycles. The second-order valence-electron chi connectivity index (χ2n) is 7.13. The topological polar surface area (TPSA) is 113 Å². The van der Waals surface area contributed by atoms with Crippen LogP contribution in [0.15, 0.2) is 78.9 Å². The molecule has 32 heavy (non-hydrogen) atoms. The lowest BCUT2D eigenvalue weighted by molar-refractivity contribution is -0.139. The van der Waals surface area contributed by atoms with Gasteiger partial charge < -0.3 is 20.3 Å². The highest BCUT2D eigenvalue weighted by molar-refractivity contribution is 5.96. The maximum Gasteiger partial charge on any atom is 0.330 e. The number of amides is 1. The summed E-state index contributed by atoms with van der Waals surface area (Å²) in [6.45, 7) is 0. The predicted molar refractivity (Wildman–Crippen MR) is 118 cm³/mol. The van der Waals surface area contributed by atoms with Crippen molar-refractivity contribution in [2.45, 2.75) is 25.3 Å². The van der Waals surface area contributed by atoms with Gasteiger partial charge in [-0.05, 0) is 60.4 Å². The van der Waals surface area contributed by atoms with E-state index in [4.69, 9.17) is 9.84 Å². The van der Waals surface area contributed by atoms with Crippen LogP contribution in [-0.4, -0.2) is 28.1 Å². The number of hydrogen-bond acceptors (Lipinski definition) is 4. The molecule has 0 aliphatic heterocycles. The van der Waals surface area contributed by atoms with E-state index in [9.17, 15) is 19.5 Å². The van der Waals surface area contributed by atoms with Gasteiger partial charge in [0.2, 0.25) is 0 Å². The first-order valence-electron chi connectivity index (χ1n) is 10.1. The van der Waals surface area contributed by atoms with Crippen LogP contribution in [0.5, 0.6) is 11.5 Å². The van der Waals surface area contributed by atoms with Crippen molar-refractivity contribution in [3.63, 3.8) is 0 Å². The fraction of sp³-hybridized carbons (Fsp3) is 0.160. The highest BCUT2D eigenvalue weighted by Gasteiger charge is 2.26. The van der Waals surface area contributed by atoms with Gasteiger partial charge in [0.05, 0.1) is 0 Å². The maximum atomic E-state index is 12.6. The SMILES string of the molecule is O=C(O)CCCc1ccc(Oc2ccccc2)cc1C(NC(=O)c1ccccc1)C(=O)O. The van der Waals surface area contributed by atoms with Crippen molar-refractivity contribution in [2.24, 2.45) is 0 Å². The average Bonchev–Trinajstić information content (AvgIpc) is 2.79. The molecule has 0 heterocycles. The summed E-state index contributed by atoms with van der Waals surface area (Å²) < 4.78 is 5.84. The zero-order valence-electron chi connectivity index (χ0n) is 17.2. The lowest BCUT2D eigenvalue weighted by Gasteiger charge is -2.20. The van der Waals surface area contributed by atoms with E-state index < -0.39 is 23.9 Å². The number of ether oxygens (including phenoxy) is 1.